The predicted molar refractivity (Wildman–Crippen MR) is 149 cm³/mol. The molecular formula is C30H34FN3O4S. The van der Waals surface area contributed by atoms with Gasteiger partial charge in [-0.3, -0.25) is 13.9 Å². The predicted octanol–water partition coefficient (Wildman–Crippen LogP) is 4.54. The fraction of sp³-hybridized carbons (Fsp3) is 0.333. The lowest BCUT2D eigenvalue weighted by molar-refractivity contribution is -0.139. The van der Waals surface area contributed by atoms with E-state index in [1.54, 1.807) is 25.1 Å². The molecule has 39 heavy (non-hydrogen) atoms. The number of nitrogens with zero attached hydrogens (tertiary/aromatic N) is 2. The van der Waals surface area contributed by atoms with Crippen LogP contribution in [0.15, 0.2) is 89.8 Å². The van der Waals surface area contributed by atoms with Crippen LogP contribution in [0.2, 0.25) is 0 Å². The van der Waals surface area contributed by atoms with E-state index >= 15 is 0 Å². The molecule has 1 saturated carbocycles. The maximum Gasteiger partial charge on any atom is 0.264 e. The molecule has 1 N–H and O–H groups in total. The Bertz CT molecular complexity index is 1350. The summed E-state index contributed by atoms with van der Waals surface area (Å²) in [6.07, 6.45) is 4.42. The van der Waals surface area contributed by atoms with Crippen molar-refractivity contribution in [2.24, 2.45) is 0 Å². The molecule has 1 aliphatic rings. The normalized spacial score (nSPS) is 14.5. The van der Waals surface area contributed by atoms with Crippen LogP contribution in [0.5, 0.6) is 0 Å². The highest BCUT2D eigenvalue weighted by Gasteiger charge is 2.33. The summed E-state index contributed by atoms with van der Waals surface area (Å²) in [6, 6.07) is 21.6. The van der Waals surface area contributed by atoms with Crippen LogP contribution >= 0.6 is 0 Å². The standard InChI is InChI=1S/C30H34FN3O4S/c1-23(30(36)32-26-12-8-9-13-26)33(21-20-24-10-4-2-5-11-24)29(35)22-34(27-18-16-25(31)17-19-27)39(37,38)28-14-6-3-7-15-28/h2-7,10-11,14-19,23,26H,8-9,12-13,20-22H2,1H3,(H,32,36). The Labute approximate surface area is 229 Å². The van der Waals surface area contributed by atoms with E-state index in [9.17, 15) is 22.4 Å². The average Bonchev–Trinajstić information content (AvgIpc) is 3.46. The van der Waals surface area contributed by atoms with Crippen LogP contribution < -0.4 is 9.62 Å². The molecule has 0 radical (unpaired) electrons. The molecule has 3 aromatic carbocycles. The number of rotatable bonds is 11. The van der Waals surface area contributed by atoms with Gasteiger partial charge < -0.3 is 10.2 Å². The molecule has 206 valence electrons. The van der Waals surface area contributed by atoms with Crippen LogP contribution in [0.3, 0.4) is 0 Å². The molecular weight excluding hydrogens is 517 g/mol. The van der Waals surface area contributed by atoms with Crippen molar-refractivity contribution in [3.05, 3.63) is 96.3 Å². The number of amides is 2. The summed E-state index contributed by atoms with van der Waals surface area (Å²) in [7, 11) is -4.16. The van der Waals surface area contributed by atoms with Gasteiger partial charge in [-0.1, -0.05) is 61.4 Å². The summed E-state index contributed by atoms with van der Waals surface area (Å²) < 4.78 is 42.0. The monoisotopic (exact) mass is 551 g/mol. The van der Waals surface area contributed by atoms with Crippen molar-refractivity contribution < 1.29 is 22.4 Å². The van der Waals surface area contributed by atoms with Crippen molar-refractivity contribution in [3.8, 4) is 0 Å². The quantitative estimate of drug-likeness (QED) is 0.379. The second-order valence-corrected chi connectivity index (χ2v) is 11.7. The number of halogens is 1. The van der Waals surface area contributed by atoms with Crippen LogP contribution in [0.25, 0.3) is 0 Å². The first-order valence-corrected chi connectivity index (χ1v) is 14.7. The highest BCUT2D eigenvalue weighted by molar-refractivity contribution is 7.92. The van der Waals surface area contributed by atoms with Gasteiger partial charge in [0.15, 0.2) is 0 Å². The minimum absolute atomic E-state index is 0.00462. The van der Waals surface area contributed by atoms with Crippen LogP contribution in [0.1, 0.15) is 38.2 Å². The average molecular weight is 552 g/mol. The van der Waals surface area contributed by atoms with Crippen molar-refractivity contribution in [2.45, 2.75) is 56.0 Å². The lowest BCUT2D eigenvalue weighted by atomic mass is 10.1. The maximum absolute atomic E-state index is 13.8. The first-order valence-electron chi connectivity index (χ1n) is 13.2. The SMILES string of the molecule is CC(C(=O)NC1CCCC1)N(CCc1ccccc1)C(=O)CN(c1ccc(F)cc1)S(=O)(=O)c1ccccc1. The zero-order valence-corrected chi connectivity index (χ0v) is 22.8. The summed E-state index contributed by atoms with van der Waals surface area (Å²) in [5, 5.41) is 3.05. The maximum atomic E-state index is 13.8. The van der Waals surface area contributed by atoms with Crippen LogP contribution in [-0.4, -0.2) is 50.3 Å². The Kier molecular flexibility index (Phi) is 9.35. The van der Waals surface area contributed by atoms with Crippen LogP contribution in [0.4, 0.5) is 10.1 Å². The van der Waals surface area contributed by atoms with Gasteiger partial charge in [-0.15, -0.1) is 0 Å². The molecule has 1 fully saturated rings. The van der Waals surface area contributed by atoms with Crippen LogP contribution in [-0.2, 0) is 26.0 Å². The van der Waals surface area contributed by atoms with E-state index in [4.69, 9.17) is 0 Å². The van der Waals surface area contributed by atoms with E-state index in [1.807, 2.05) is 30.3 Å². The molecule has 3 aromatic rings. The van der Waals surface area contributed by atoms with E-state index in [2.05, 4.69) is 5.32 Å². The molecule has 9 heteroatoms. The summed E-state index contributed by atoms with van der Waals surface area (Å²) in [5.74, 6) is -1.31. The third-order valence-corrected chi connectivity index (χ3v) is 8.87. The molecule has 7 nitrogen and oxygen atoms in total. The smallest absolute Gasteiger partial charge is 0.264 e. The third kappa shape index (κ3) is 7.23. The lowest BCUT2D eigenvalue weighted by Gasteiger charge is -2.32. The van der Waals surface area contributed by atoms with E-state index in [-0.39, 0.29) is 29.1 Å². The number of anilines is 1. The Morgan fingerprint density at radius 2 is 1.51 bits per heavy atom. The Balaban J connectivity index is 1.62. The molecule has 1 atom stereocenters. The fourth-order valence-electron chi connectivity index (χ4n) is 4.82. The minimum Gasteiger partial charge on any atom is -0.352 e. The van der Waals surface area contributed by atoms with Gasteiger partial charge in [0.2, 0.25) is 11.8 Å². The van der Waals surface area contributed by atoms with Gasteiger partial charge in [-0.05, 0) is 68.1 Å². The van der Waals surface area contributed by atoms with Gasteiger partial charge >= 0.3 is 0 Å². The number of benzene rings is 3. The van der Waals surface area contributed by atoms with Gasteiger partial charge in [0, 0.05) is 12.6 Å². The first kappa shape index (κ1) is 28.3. The molecule has 0 bridgehead atoms. The number of sulfonamides is 1. The molecule has 1 unspecified atom stereocenters. The van der Waals surface area contributed by atoms with Gasteiger partial charge in [-0.25, -0.2) is 12.8 Å². The Morgan fingerprint density at radius 3 is 2.13 bits per heavy atom. The highest BCUT2D eigenvalue weighted by atomic mass is 32.2. The molecule has 0 spiro atoms. The van der Waals surface area contributed by atoms with E-state index in [0.717, 1.165) is 47.7 Å². The number of carbonyl (C=O) groups excluding carboxylic acids is 2. The Morgan fingerprint density at radius 1 is 0.923 bits per heavy atom. The van der Waals surface area contributed by atoms with E-state index in [0.29, 0.717) is 6.42 Å². The van der Waals surface area contributed by atoms with Crippen molar-refractivity contribution in [2.75, 3.05) is 17.4 Å². The molecule has 2 amide bonds. The summed E-state index contributed by atoms with van der Waals surface area (Å²) >= 11 is 0. The fourth-order valence-corrected chi connectivity index (χ4v) is 6.25. The van der Waals surface area contributed by atoms with Crippen molar-refractivity contribution >= 4 is 27.5 Å². The number of hydrogen-bond donors (Lipinski definition) is 1. The van der Waals surface area contributed by atoms with Gasteiger partial charge in [0.1, 0.15) is 18.4 Å². The molecule has 0 saturated heterocycles. The number of carbonyl (C=O) groups is 2. The number of nitrogens with one attached hydrogen (secondary N) is 1. The molecule has 4 rings (SSSR count). The second kappa shape index (κ2) is 12.9. The summed E-state index contributed by atoms with van der Waals surface area (Å²) in [6.45, 7) is 1.35. The van der Waals surface area contributed by atoms with E-state index in [1.165, 1.54) is 29.2 Å². The van der Waals surface area contributed by atoms with Gasteiger partial charge in [-0.2, -0.15) is 0 Å². The molecule has 0 aliphatic heterocycles. The van der Waals surface area contributed by atoms with Crippen molar-refractivity contribution in [3.63, 3.8) is 0 Å². The summed E-state index contributed by atoms with van der Waals surface area (Å²) in [4.78, 5) is 28.5. The summed E-state index contributed by atoms with van der Waals surface area (Å²) in [5.41, 5.74) is 1.14. The van der Waals surface area contributed by atoms with Gasteiger partial charge in [0.05, 0.1) is 10.6 Å². The van der Waals surface area contributed by atoms with Crippen molar-refractivity contribution in [1.29, 1.82) is 0 Å². The Hall–Kier alpha value is -3.72. The number of hydrogen-bond acceptors (Lipinski definition) is 4. The molecule has 1 aliphatic carbocycles. The zero-order valence-electron chi connectivity index (χ0n) is 22.0. The largest absolute Gasteiger partial charge is 0.352 e. The highest BCUT2D eigenvalue weighted by Crippen LogP contribution is 2.25. The second-order valence-electron chi connectivity index (χ2n) is 9.79. The molecule has 0 heterocycles. The first-order chi connectivity index (χ1) is 18.8. The topological polar surface area (TPSA) is 86.8 Å². The molecule has 0 aromatic heterocycles. The van der Waals surface area contributed by atoms with Gasteiger partial charge in [0.25, 0.3) is 10.0 Å². The minimum atomic E-state index is -4.16. The third-order valence-electron chi connectivity index (χ3n) is 7.08. The lowest BCUT2D eigenvalue weighted by Crippen LogP contribution is -2.53. The van der Waals surface area contributed by atoms with Crippen LogP contribution in [0, 0.1) is 5.82 Å². The van der Waals surface area contributed by atoms with E-state index < -0.39 is 34.3 Å². The van der Waals surface area contributed by atoms with Crippen molar-refractivity contribution in [1.82, 2.24) is 10.2 Å². The zero-order chi connectivity index (χ0) is 27.8.